The molecule has 1 spiro atoms. The van der Waals surface area contributed by atoms with Crippen LogP contribution in [0.4, 0.5) is 4.79 Å². The summed E-state index contributed by atoms with van der Waals surface area (Å²) in [7, 11) is 1.52. The van der Waals surface area contributed by atoms with Gasteiger partial charge in [0.2, 0.25) is 5.88 Å². The van der Waals surface area contributed by atoms with Gasteiger partial charge in [0, 0.05) is 11.8 Å². The first kappa shape index (κ1) is 13.8. The molecule has 112 valence electrons. The third-order valence-electron chi connectivity index (χ3n) is 4.07. The standard InChI is InChI=1S/C14H18N4O3/c1-21-11-10(3-2-6-16-11)9-18-12(19)14(17-13(18)20)4-7-15-8-5-14/h2-3,6,15H,4-5,7-9H2,1H3,(H,17,20). The predicted octanol–water partition coefficient (Wildman–Crippen LogP) is 0.264. The van der Waals surface area contributed by atoms with E-state index in [1.165, 1.54) is 12.0 Å². The molecule has 3 heterocycles. The molecule has 2 saturated heterocycles. The molecule has 0 saturated carbocycles. The van der Waals surface area contributed by atoms with Crippen molar-refractivity contribution < 1.29 is 14.3 Å². The fourth-order valence-corrected chi connectivity index (χ4v) is 2.91. The summed E-state index contributed by atoms with van der Waals surface area (Å²) in [6.45, 7) is 1.64. The SMILES string of the molecule is COc1ncccc1CN1C(=O)NC2(CCNCC2)C1=O. The van der Waals surface area contributed by atoms with Crippen LogP contribution in [0, 0.1) is 0 Å². The van der Waals surface area contributed by atoms with E-state index in [0.29, 0.717) is 18.7 Å². The summed E-state index contributed by atoms with van der Waals surface area (Å²) >= 11 is 0. The minimum absolute atomic E-state index is 0.153. The van der Waals surface area contributed by atoms with Gasteiger partial charge >= 0.3 is 6.03 Å². The van der Waals surface area contributed by atoms with Crippen molar-refractivity contribution in [2.24, 2.45) is 0 Å². The number of urea groups is 1. The lowest BCUT2D eigenvalue weighted by atomic mass is 9.88. The monoisotopic (exact) mass is 290 g/mol. The van der Waals surface area contributed by atoms with E-state index in [-0.39, 0.29) is 18.5 Å². The van der Waals surface area contributed by atoms with Gasteiger partial charge in [-0.05, 0) is 32.0 Å². The highest BCUT2D eigenvalue weighted by Gasteiger charge is 2.51. The van der Waals surface area contributed by atoms with Crippen LogP contribution in [0.3, 0.4) is 0 Å². The zero-order valence-corrected chi connectivity index (χ0v) is 11.9. The van der Waals surface area contributed by atoms with Crippen LogP contribution in [0.5, 0.6) is 5.88 Å². The molecule has 3 amide bonds. The van der Waals surface area contributed by atoms with Gasteiger partial charge in [0.15, 0.2) is 0 Å². The Labute approximate surface area is 122 Å². The molecule has 0 aliphatic carbocycles. The molecular weight excluding hydrogens is 272 g/mol. The van der Waals surface area contributed by atoms with Crippen LogP contribution in [-0.4, -0.2) is 47.6 Å². The highest BCUT2D eigenvalue weighted by Crippen LogP contribution is 2.29. The molecule has 7 nitrogen and oxygen atoms in total. The number of amides is 3. The Bertz CT molecular complexity index is 569. The average molecular weight is 290 g/mol. The van der Waals surface area contributed by atoms with Crippen molar-refractivity contribution in [1.29, 1.82) is 0 Å². The maximum absolute atomic E-state index is 12.7. The van der Waals surface area contributed by atoms with Crippen LogP contribution in [0.25, 0.3) is 0 Å². The third kappa shape index (κ3) is 2.33. The second-order valence-electron chi connectivity index (χ2n) is 5.33. The van der Waals surface area contributed by atoms with Gasteiger partial charge in [-0.3, -0.25) is 9.69 Å². The quantitative estimate of drug-likeness (QED) is 0.780. The van der Waals surface area contributed by atoms with Crippen molar-refractivity contribution in [3.05, 3.63) is 23.9 Å². The smallest absolute Gasteiger partial charge is 0.325 e. The Morgan fingerprint density at radius 3 is 2.86 bits per heavy atom. The molecule has 0 radical (unpaired) electrons. The first-order valence-electron chi connectivity index (χ1n) is 6.99. The van der Waals surface area contributed by atoms with Crippen LogP contribution in [0.2, 0.25) is 0 Å². The lowest BCUT2D eigenvalue weighted by molar-refractivity contribution is -0.132. The lowest BCUT2D eigenvalue weighted by Crippen LogP contribution is -2.53. The molecule has 0 bridgehead atoms. The molecule has 2 aliphatic heterocycles. The van der Waals surface area contributed by atoms with Crippen LogP contribution in [-0.2, 0) is 11.3 Å². The number of imide groups is 1. The number of methoxy groups -OCH3 is 1. The van der Waals surface area contributed by atoms with E-state index in [1.807, 2.05) is 0 Å². The van der Waals surface area contributed by atoms with Crippen molar-refractivity contribution in [2.75, 3.05) is 20.2 Å². The molecule has 2 fully saturated rings. The van der Waals surface area contributed by atoms with Crippen molar-refractivity contribution in [3.63, 3.8) is 0 Å². The number of pyridine rings is 1. The first-order chi connectivity index (χ1) is 10.2. The van der Waals surface area contributed by atoms with Gasteiger partial charge in [-0.25, -0.2) is 9.78 Å². The zero-order valence-electron chi connectivity index (χ0n) is 11.9. The Morgan fingerprint density at radius 2 is 2.14 bits per heavy atom. The van der Waals surface area contributed by atoms with Crippen molar-refractivity contribution in [2.45, 2.75) is 24.9 Å². The van der Waals surface area contributed by atoms with Gasteiger partial charge in [-0.1, -0.05) is 6.07 Å². The van der Waals surface area contributed by atoms with Crippen molar-refractivity contribution in [1.82, 2.24) is 20.5 Å². The number of nitrogens with zero attached hydrogens (tertiary/aromatic N) is 2. The first-order valence-corrected chi connectivity index (χ1v) is 6.99. The zero-order chi connectivity index (χ0) is 14.9. The van der Waals surface area contributed by atoms with Crippen LogP contribution < -0.4 is 15.4 Å². The number of ether oxygens (including phenoxy) is 1. The molecule has 1 aromatic heterocycles. The molecule has 0 aromatic carbocycles. The predicted molar refractivity (Wildman–Crippen MR) is 74.7 cm³/mol. The topological polar surface area (TPSA) is 83.6 Å². The molecule has 0 atom stereocenters. The van der Waals surface area contributed by atoms with Crippen LogP contribution in [0.1, 0.15) is 18.4 Å². The van der Waals surface area contributed by atoms with Gasteiger partial charge < -0.3 is 15.4 Å². The number of carbonyl (C=O) groups excluding carboxylic acids is 2. The molecule has 21 heavy (non-hydrogen) atoms. The number of carbonyl (C=O) groups is 2. The third-order valence-corrected chi connectivity index (χ3v) is 4.07. The van der Waals surface area contributed by atoms with Crippen LogP contribution >= 0.6 is 0 Å². The molecule has 2 N–H and O–H groups in total. The summed E-state index contributed by atoms with van der Waals surface area (Å²) in [5.74, 6) is 0.282. The lowest BCUT2D eigenvalue weighted by Gasteiger charge is -2.31. The molecule has 7 heteroatoms. The van der Waals surface area contributed by atoms with E-state index in [2.05, 4.69) is 15.6 Å². The van der Waals surface area contributed by atoms with E-state index < -0.39 is 5.54 Å². The number of rotatable bonds is 3. The van der Waals surface area contributed by atoms with Gasteiger partial charge in [0.05, 0.1) is 13.7 Å². The minimum Gasteiger partial charge on any atom is -0.481 e. The second kappa shape index (κ2) is 5.33. The van der Waals surface area contributed by atoms with E-state index in [1.54, 1.807) is 18.3 Å². The Morgan fingerprint density at radius 1 is 1.38 bits per heavy atom. The van der Waals surface area contributed by atoms with E-state index in [0.717, 1.165) is 18.7 Å². The van der Waals surface area contributed by atoms with E-state index >= 15 is 0 Å². The maximum atomic E-state index is 12.7. The summed E-state index contributed by atoms with van der Waals surface area (Å²) in [5.41, 5.74) is -0.0212. The van der Waals surface area contributed by atoms with Crippen molar-refractivity contribution >= 4 is 11.9 Å². The maximum Gasteiger partial charge on any atom is 0.325 e. The number of hydrogen-bond donors (Lipinski definition) is 2. The van der Waals surface area contributed by atoms with Gasteiger partial charge in [-0.2, -0.15) is 0 Å². The Kier molecular flexibility index (Phi) is 3.50. The van der Waals surface area contributed by atoms with E-state index in [9.17, 15) is 9.59 Å². The molecule has 1 aromatic rings. The van der Waals surface area contributed by atoms with Crippen LogP contribution in [0.15, 0.2) is 18.3 Å². The fourth-order valence-electron chi connectivity index (χ4n) is 2.91. The second-order valence-corrected chi connectivity index (χ2v) is 5.33. The van der Waals surface area contributed by atoms with Gasteiger partial charge in [0.25, 0.3) is 5.91 Å². The van der Waals surface area contributed by atoms with E-state index in [4.69, 9.17) is 4.74 Å². The number of nitrogens with one attached hydrogen (secondary N) is 2. The highest BCUT2D eigenvalue weighted by atomic mass is 16.5. The summed E-state index contributed by atoms with van der Waals surface area (Å²) in [6, 6.07) is 3.23. The largest absolute Gasteiger partial charge is 0.481 e. The van der Waals surface area contributed by atoms with Gasteiger partial charge in [0.1, 0.15) is 5.54 Å². The Hall–Kier alpha value is -2.15. The summed E-state index contributed by atoms with van der Waals surface area (Å²) in [5, 5.41) is 6.07. The fraction of sp³-hybridized carbons (Fsp3) is 0.500. The molecule has 0 unspecified atom stereocenters. The minimum atomic E-state index is -0.738. The van der Waals surface area contributed by atoms with Crippen molar-refractivity contribution in [3.8, 4) is 5.88 Å². The summed E-state index contributed by atoms with van der Waals surface area (Å²) < 4.78 is 5.17. The number of aromatic nitrogens is 1. The molecular formula is C14H18N4O3. The molecule has 2 aliphatic rings. The normalized spacial score (nSPS) is 20.7. The number of piperidine rings is 1. The Balaban J connectivity index is 1.82. The summed E-state index contributed by atoms with van der Waals surface area (Å²) in [4.78, 5) is 30.2. The molecule has 3 rings (SSSR count). The highest BCUT2D eigenvalue weighted by molar-refractivity contribution is 6.07. The number of hydrogen-bond acceptors (Lipinski definition) is 5. The summed E-state index contributed by atoms with van der Waals surface area (Å²) in [6.07, 6.45) is 2.86. The van der Waals surface area contributed by atoms with Gasteiger partial charge in [-0.15, -0.1) is 0 Å². The average Bonchev–Trinajstić information content (AvgIpc) is 2.73.